The highest BCUT2D eigenvalue weighted by Crippen LogP contribution is 2.34. The van der Waals surface area contributed by atoms with E-state index < -0.39 is 0 Å². The van der Waals surface area contributed by atoms with Crippen LogP contribution < -0.4 is 5.32 Å². The standard InChI is InChI=1S/C19H19F2NO/c1-11-17(13-7-3-5-9-15(13)20)22-18(12(2)19(11)23)14-8-4-6-10-16(14)21/h3-12,17-18,22H,1-2H3/p+1. The number of benzene rings is 2. The van der Waals surface area contributed by atoms with Gasteiger partial charge >= 0.3 is 0 Å². The summed E-state index contributed by atoms with van der Waals surface area (Å²) < 4.78 is 28.4. The fourth-order valence-corrected chi connectivity index (χ4v) is 3.56. The first-order valence-corrected chi connectivity index (χ1v) is 7.88. The van der Waals surface area contributed by atoms with Crippen LogP contribution >= 0.6 is 0 Å². The van der Waals surface area contributed by atoms with E-state index in [4.69, 9.17) is 0 Å². The van der Waals surface area contributed by atoms with Gasteiger partial charge in [0, 0.05) is 11.1 Å². The van der Waals surface area contributed by atoms with Gasteiger partial charge in [-0.1, -0.05) is 36.4 Å². The maximum atomic E-state index is 14.2. The van der Waals surface area contributed by atoms with E-state index >= 15 is 0 Å². The van der Waals surface area contributed by atoms with E-state index in [0.717, 1.165) is 0 Å². The summed E-state index contributed by atoms with van der Waals surface area (Å²) in [7, 11) is 0. The third-order valence-electron chi connectivity index (χ3n) is 4.92. The molecule has 4 unspecified atom stereocenters. The van der Waals surface area contributed by atoms with Gasteiger partial charge in [0.1, 0.15) is 23.7 Å². The van der Waals surface area contributed by atoms with Crippen molar-refractivity contribution in [1.29, 1.82) is 0 Å². The first-order valence-electron chi connectivity index (χ1n) is 7.88. The van der Waals surface area contributed by atoms with Gasteiger partial charge in [-0.25, -0.2) is 8.78 Å². The zero-order chi connectivity index (χ0) is 16.6. The first kappa shape index (κ1) is 15.8. The van der Waals surface area contributed by atoms with Crippen LogP contribution in [0.1, 0.15) is 37.1 Å². The molecule has 0 spiro atoms. The molecule has 2 aromatic rings. The van der Waals surface area contributed by atoms with Gasteiger partial charge in [0.15, 0.2) is 5.78 Å². The lowest BCUT2D eigenvalue weighted by Crippen LogP contribution is -2.91. The molecule has 0 aliphatic carbocycles. The number of carbonyl (C=O) groups is 1. The molecule has 1 saturated heterocycles. The monoisotopic (exact) mass is 316 g/mol. The van der Waals surface area contributed by atoms with Gasteiger partial charge in [0.2, 0.25) is 0 Å². The van der Waals surface area contributed by atoms with Crippen molar-refractivity contribution >= 4 is 5.78 Å². The van der Waals surface area contributed by atoms with Gasteiger partial charge in [0.05, 0.1) is 11.8 Å². The summed E-state index contributed by atoms with van der Waals surface area (Å²) in [6, 6.07) is 12.3. The van der Waals surface area contributed by atoms with Gasteiger partial charge in [0.25, 0.3) is 0 Å². The summed E-state index contributed by atoms with van der Waals surface area (Å²) >= 11 is 0. The molecular weight excluding hydrogens is 296 g/mol. The predicted molar refractivity (Wildman–Crippen MR) is 83.5 cm³/mol. The molecule has 1 heterocycles. The van der Waals surface area contributed by atoms with Gasteiger partial charge in [-0.05, 0) is 26.0 Å². The Morgan fingerprint density at radius 3 is 1.57 bits per heavy atom. The molecule has 3 rings (SSSR count). The highest BCUT2D eigenvalue weighted by Gasteiger charge is 2.45. The first-order chi connectivity index (χ1) is 11.0. The molecular formula is C19H20F2NO+. The van der Waals surface area contributed by atoms with Crippen molar-refractivity contribution in [2.24, 2.45) is 11.8 Å². The van der Waals surface area contributed by atoms with Crippen LogP contribution in [0.3, 0.4) is 0 Å². The molecule has 0 bridgehead atoms. The van der Waals surface area contributed by atoms with Crippen LogP contribution in [0.4, 0.5) is 8.78 Å². The summed E-state index contributed by atoms with van der Waals surface area (Å²) in [6.07, 6.45) is 0. The molecule has 0 amide bonds. The Morgan fingerprint density at radius 2 is 1.17 bits per heavy atom. The molecule has 1 aliphatic rings. The van der Waals surface area contributed by atoms with E-state index in [9.17, 15) is 13.6 Å². The molecule has 2 nitrogen and oxygen atoms in total. The fourth-order valence-electron chi connectivity index (χ4n) is 3.56. The molecule has 1 fully saturated rings. The molecule has 4 atom stereocenters. The molecule has 120 valence electrons. The number of carbonyl (C=O) groups excluding carboxylic acids is 1. The quantitative estimate of drug-likeness (QED) is 0.907. The van der Waals surface area contributed by atoms with Gasteiger partial charge in [-0.2, -0.15) is 0 Å². The lowest BCUT2D eigenvalue weighted by Gasteiger charge is -2.36. The van der Waals surface area contributed by atoms with Crippen molar-refractivity contribution in [2.45, 2.75) is 25.9 Å². The number of nitrogens with two attached hydrogens (primary N) is 1. The number of quaternary nitrogens is 1. The van der Waals surface area contributed by atoms with Crippen LogP contribution in [0.15, 0.2) is 48.5 Å². The molecule has 0 saturated carbocycles. The minimum Gasteiger partial charge on any atom is -0.333 e. The molecule has 1 aliphatic heterocycles. The van der Waals surface area contributed by atoms with E-state index in [-0.39, 0.29) is 41.3 Å². The summed E-state index contributed by atoms with van der Waals surface area (Å²) in [5.41, 5.74) is 1.00. The average molecular weight is 316 g/mol. The molecule has 2 aromatic carbocycles. The minimum atomic E-state index is -0.343. The smallest absolute Gasteiger partial charge is 0.151 e. The van der Waals surface area contributed by atoms with E-state index in [2.05, 4.69) is 0 Å². The highest BCUT2D eigenvalue weighted by atomic mass is 19.1. The van der Waals surface area contributed by atoms with Crippen LogP contribution in [0.2, 0.25) is 0 Å². The van der Waals surface area contributed by atoms with E-state index in [1.807, 2.05) is 19.2 Å². The third kappa shape index (κ3) is 2.79. The number of Topliss-reactive ketones (excluding diaryl/α,β-unsaturated/α-hetero) is 1. The largest absolute Gasteiger partial charge is 0.333 e. The van der Waals surface area contributed by atoms with Crippen LogP contribution in [-0.2, 0) is 4.79 Å². The summed E-state index contributed by atoms with van der Waals surface area (Å²) in [4.78, 5) is 12.7. The van der Waals surface area contributed by atoms with Crippen LogP contribution in [0.5, 0.6) is 0 Å². The van der Waals surface area contributed by atoms with Gasteiger partial charge in [-0.15, -0.1) is 0 Å². The second kappa shape index (κ2) is 6.20. The number of hydrogen-bond donors (Lipinski definition) is 1. The predicted octanol–water partition coefficient (Wildman–Crippen LogP) is 3.17. The van der Waals surface area contributed by atoms with Gasteiger partial charge < -0.3 is 5.32 Å². The van der Waals surface area contributed by atoms with Crippen molar-refractivity contribution in [3.05, 3.63) is 71.3 Å². The Kier molecular flexibility index (Phi) is 4.26. The number of halogens is 2. The van der Waals surface area contributed by atoms with Crippen LogP contribution in [0, 0.1) is 23.5 Å². The highest BCUT2D eigenvalue weighted by molar-refractivity contribution is 5.84. The van der Waals surface area contributed by atoms with Crippen LogP contribution in [-0.4, -0.2) is 5.78 Å². The maximum Gasteiger partial charge on any atom is 0.151 e. The molecule has 0 radical (unpaired) electrons. The lowest BCUT2D eigenvalue weighted by atomic mass is 9.76. The van der Waals surface area contributed by atoms with Crippen molar-refractivity contribution < 1.29 is 18.9 Å². The number of hydrogen-bond acceptors (Lipinski definition) is 1. The molecule has 23 heavy (non-hydrogen) atoms. The Hall–Kier alpha value is -2.07. The average Bonchev–Trinajstić information content (AvgIpc) is 2.55. The van der Waals surface area contributed by atoms with Crippen LogP contribution in [0.25, 0.3) is 0 Å². The Labute approximate surface area is 134 Å². The van der Waals surface area contributed by atoms with E-state index in [1.54, 1.807) is 36.4 Å². The third-order valence-corrected chi connectivity index (χ3v) is 4.92. The second-order valence-corrected chi connectivity index (χ2v) is 6.27. The van der Waals surface area contributed by atoms with Crippen molar-refractivity contribution in [3.63, 3.8) is 0 Å². The molecule has 4 heteroatoms. The van der Waals surface area contributed by atoms with E-state index in [1.165, 1.54) is 12.1 Å². The Balaban J connectivity index is 2.02. The van der Waals surface area contributed by atoms with E-state index in [0.29, 0.717) is 11.1 Å². The second-order valence-electron chi connectivity index (χ2n) is 6.27. The number of rotatable bonds is 2. The number of piperidine rings is 1. The summed E-state index contributed by atoms with van der Waals surface area (Å²) in [5, 5.41) is 1.94. The van der Waals surface area contributed by atoms with Crippen molar-refractivity contribution in [2.75, 3.05) is 0 Å². The summed E-state index contributed by atoms with van der Waals surface area (Å²) in [5.74, 6) is -1.23. The SMILES string of the molecule is CC1C(=O)C(C)C(c2ccccc2F)[NH2+]C1c1ccccc1F. The normalized spacial score (nSPS) is 27.9. The van der Waals surface area contributed by atoms with Crippen molar-refractivity contribution in [1.82, 2.24) is 0 Å². The Morgan fingerprint density at radius 1 is 0.783 bits per heavy atom. The zero-order valence-corrected chi connectivity index (χ0v) is 13.2. The number of ketones is 1. The zero-order valence-electron chi connectivity index (χ0n) is 13.2. The van der Waals surface area contributed by atoms with Gasteiger partial charge in [-0.3, -0.25) is 4.79 Å². The lowest BCUT2D eigenvalue weighted by molar-refractivity contribution is -0.748. The van der Waals surface area contributed by atoms with Crippen molar-refractivity contribution in [3.8, 4) is 0 Å². The molecule has 2 N–H and O–H groups in total. The summed E-state index contributed by atoms with van der Waals surface area (Å²) in [6.45, 7) is 3.65. The fraction of sp³-hybridized carbons (Fsp3) is 0.316. The minimum absolute atomic E-state index is 0.0500. The Bertz CT molecular complexity index is 671. The molecule has 0 aromatic heterocycles. The maximum absolute atomic E-state index is 14.2. The topological polar surface area (TPSA) is 33.7 Å².